The number of hydrogen-bond donors (Lipinski definition) is 2. The second kappa shape index (κ2) is 9.98. The molecule has 0 unspecified atom stereocenters. The van der Waals surface area contributed by atoms with Crippen LogP contribution in [0, 0.1) is 11.8 Å². The largest absolute Gasteiger partial charge is 0.481 e. The van der Waals surface area contributed by atoms with Gasteiger partial charge < -0.3 is 10.8 Å². The van der Waals surface area contributed by atoms with E-state index in [0.717, 1.165) is 22.4 Å². The third kappa shape index (κ3) is 4.97. The van der Waals surface area contributed by atoms with E-state index in [1.165, 1.54) is 6.92 Å². The maximum Gasteiger partial charge on any atom is 0.306 e. The van der Waals surface area contributed by atoms with Crippen molar-refractivity contribution in [2.75, 3.05) is 5.73 Å². The van der Waals surface area contributed by atoms with Crippen molar-refractivity contribution in [3.05, 3.63) is 52.5 Å². The van der Waals surface area contributed by atoms with Crippen molar-refractivity contribution in [2.45, 2.75) is 65.7 Å². The molecule has 1 aliphatic carbocycles. The third-order valence-electron chi connectivity index (χ3n) is 6.85. The molecule has 35 heavy (non-hydrogen) atoms. The van der Waals surface area contributed by atoms with Gasteiger partial charge >= 0.3 is 5.97 Å². The molecule has 4 rings (SSSR count). The highest BCUT2D eigenvalue weighted by Crippen LogP contribution is 2.39. The van der Waals surface area contributed by atoms with Gasteiger partial charge in [-0.1, -0.05) is 26.0 Å². The van der Waals surface area contributed by atoms with Gasteiger partial charge in [-0.3, -0.25) is 14.6 Å². The van der Waals surface area contributed by atoms with Crippen molar-refractivity contribution in [1.29, 1.82) is 0 Å². The average Bonchev–Trinajstić information content (AvgIpc) is 3.15. The van der Waals surface area contributed by atoms with Crippen LogP contribution in [0.5, 0.6) is 0 Å². The van der Waals surface area contributed by atoms with Gasteiger partial charge in [-0.05, 0) is 62.7 Å². The second-order valence-electron chi connectivity index (χ2n) is 9.85. The lowest BCUT2D eigenvalue weighted by Crippen LogP contribution is -2.23. The monoisotopic (exact) mass is 475 g/mol. The summed E-state index contributed by atoms with van der Waals surface area (Å²) < 4.78 is 1.54. The molecule has 0 saturated heterocycles. The number of hydrogen-bond acceptors (Lipinski definition) is 6. The first-order valence-electron chi connectivity index (χ1n) is 12.2. The number of carbonyl (C=O) groups excluding carboxylic acids is 1. The first kappa shape index (κ1) is 24.6. The fourth-order valence-corrected chi connectivity index (χ4v) is 4.91. The molecular weight excluding hydrogens is 442 g/mol. The topological polar surface area (TPSA) is 123 Å². The Morgan fingerprint density at radius 1 is 1.23 bits per heavy atom. The SMILES string of the molecule is CC(=O)c1c(C2CCC(C(=O)O)CC2)nc2c(C3=CC(C)=C(/C=C\C(C)C)N=CC3)cnn2c1N. The van der Waals surface area contributed by atoms with Gasteiger partial charge in [-0.2, -0.15) is 9.61 Å². The number of nitrogen functional groups attached to an aromatic ring is 1. The third-order valence-corrected chi connectivity index (χ3v) is 6.85. The standard InChI is InChI=1S/C27H33N5O3/c1-15(2)5-10-22-16(3)13-20(11-12-29-22)21-14-30-32-25(28)23(17(4)33)24(31-26(21)32)18-6-8-19(9-7-18)27(34)35/h5,10,12-15,18-19H,6-9,11,28H2,1-4H3,(H,34,35)/b10-5-. The Hall–Kier alpha value is -3.55. The maximum atomic E-state index is 12.6. The number of carbonyl (C=O) groups is 2. The highest BCUT2D eigenvalue weighted by molar-refractivity contribution is 6.00. The van der Waals surface area contributed by atoms with Crippen molar-refractivity contribution in [2.24, 2.45) is 16.8 Å². The van der Waals surface area contributed by atoms with Crippen LogP contribution < -0.4 is 5.73 Å². The molecule has 0 aromatic carbocycles. The molecule has 2 aromatic heterocycles. The number of anilines is 1. The highest BCUT2D eigenvalue weighted by Gasteiger charge is 2.31. The Kier molecular flexibility index (Phi) is 7.00. The van der Waals surface area contributed by atoms with Crippen LogP contribution in [0.4, 0.5) is 5.82 Å². The molecule has 2 aromatic rings. The summed E-state index contributed by atoms with van der Waals surface area (Å²) in [6, 6.07) is 0. The molecule has 184 valence electrons. The van der Waals surface area contributed by atoms with Gasteiger partial charge in [0.05, 0.1) is 29.1 Å². The van der Waals surface area contributed by atoms with Gasteiger partial charge in [0.15, 0.2) is 11.4 Å². The van der Waals surface area contributed by atoms with Crippen LogP contribution >= 0.6 is 0 Å². The molecule has 1 fully saturated rings. The number of aliphatic imine (C=N–C) groups is 1. The van der Waals surface area contributed by atoms with E-state index in [2.05, 4.69) is 36.1 Å². The van der Waals surface area contributed by atoms with E-state index in [1.807, 2.05) is 19.2 Å². The molecule has 0 radical (unpaired) electrons. The quantitative estimate of drug-likeness (QED) is 0.552. The highest BCUT2D eigenvalue weighted by atomic mass is 16.4. The molecular formula is C27H33N5O3. The Bertz CT molecular complexity index is 1290. The lowest BCUT2D eigenvalue weighted by atomic mass is 9.79. The van der Waals surface area contributed by atoms with Gasteiger partial charge in [-0.25, -0.2) is 4.98 Å². The summed E-state index contributed by atoms with van der Waals surface area (Å²) in [6.45, 7) is 7.78. The fraction of sp³-hybridized carbons (Fsp3) is 0.444. The second-order valence-corrected chi connectivity index (χ2v) is 9.85. The van der Waals surface area contributed by atoms with Crippen LogP contribution in [0.1, 0.15) is 87.3 Å². The molecule has 2 aliphatic rings. The smallest absolute Gasteiger partial charge is 0.306 e. The summed E-state index contributed by atoms with van der Waals surface area (Å²) in [5.41, 5.74) is 12.0. The number of carboxylic acids is 1. The lowest BCUT2D eigenvalue weighted by molar-refractivity contribution is -0.142. The van der Waals surface area contributed by atoms with Crippen molar-refractivity contribution in [3.63, 3.8) is 0 Å². The zero-order valence-corrected chi connectivity index (χ0v) is 20.8. The van der Waals surface area contributed by atoms with Crippen LogP contribution in [0.25, 0.3) is 11.2 Å². The van der Waals surface area contributed by atoms with Crippen LogP contribution in [0.2, 0.25) is 0 Å². The van der Waals surface area contributed by atoms with Crippen molar-refractivity contribution >= 4 is 35.0 Å². The first-order valence-corrected chi connectivity index (χ1v) is 12.2. The minimum absolute atomic E-state index is 0.0152. The number of fused-ring (bicyclic) bond motifs is 1. The fourth-order valence-electron chi connectivity index (χ4n) is 4.91. The number of carboxylic acid groups (broad SMARTS) is 1. The van der Waals surface area contributed by atoms with E-state index in [0.29, 0.717) is 54.9 Å². The van der Waals surface area contributed by atoms with E-state index in [1.54, 1.807) is 10.7 Å². The molecule has 1 saturated carbocycles. The summed E-state index contributed by atoms with van der Waals surface area (Å²) in [5, 5.41) is 13.8. The number of ketones is 1. The van der Waals surface area contributed by atoms with Gasteiger partial charge in [0, 0.05) is 24.1 Å². The van der Waals surface area contributed by atoms with Gasteiger partial charge in [-0.15, -0.1) is 0 Å². The van der Waals surface area contributed by atoms with E-state index < -0.39 is 5.97 Å². The van der Waals surface area contributed by atoms with Crippen LogP contribution in [0.15, 0.2) is 40.7 Å². The van der Waals surface area contributed by atoms with E-state index in [4.69, 9.17) is 10.7 Å². The first-order chi connectivity index (χ1) is 16.7. The Labute approximate surface area is 205 Å². The minimum Gasteiger partial charge on any atom is -0.481 e. The zero-order chi connectivity index (χ0) is 25.3. The summed E-state index contributed by atoms with van der Waals surface area (Å²) in [7, 11) is 0. The van der Waals surface area contributed by atoms with E-state index in [-0.39, 0.29) is 23.4 Å². The lowest BCUT2D eigenvalue weighted by Gasteiger charge is -2.27. The van der Waals surface area contributed by atoms with Crippen LogP contribution in [-0.2, 0) is 4.79 Å². The Morgan fingerprint density at radius 3 is 2.57 bits per heavy atom. The number of Topliss-reactive ketones (excluding diaryl/α,β-unsaturated/α-hetero) is 1. The number of allylic oxidation sites excluding steroid dienone is 5. The molecule has 8 nitrogen and oxygen atoms in total. The predicted octanol–water partition coefficient (Wildman–Crippen LogP) is 5.22. The Balaban J connectivity index is 1.79. The number of nitrogens with two attached hydrogens (primary N) is 1. The summed E-state index contributed by atoms with van der Waals surface area (Å²) >= 11 is 0. The molecule has 0 amide bonds. The maximum absolute atomic E-state index is 12.6. The average molecular weight is 476 g/mol. The molecule has 3 N–H and O–H groups in total. The van der Waals surface area contributed by atoms with E-state index >= 15 is 0 Å². The normalized spacial score (nSPS) is 21.1. The molecule has 0 spiro atoms. The van der Waals surface area contributed by atoms with Crippen LogP contribution in [-0.4, -0.2) is 37.7 Å². The summed E-state index contributed by atoms with van der Waals surface area (Å²) in [5.74, 6) is -0.570. The number of nitrogens with zero attached hydrogens (tertiary/aromatic N) is 4. The molecule has 0 atom stereocenters. The number of aromatic nitrogens is 3. The van der Waals surface area contributed by atoms with E-state index in [9.17, 15) is 14.7 Å². The number of rotatable bonds is 6. The zero-order valence-electron chi connectivity index (χ0n) is 20.8. The minimum atomic E-state index is -0.760. The Morgan fingerprint density at radius 2 is 1.94 bits per heavy atom. The van der Waals surface area contributed by atoms with Gasteiger partial charge in [0.2, 0.25) is 0 Å². The molecule has 0 bridgehead atoms. The van der Waals surface area contributed by atoms with Gasteiger partial charge in [0.1, 0.15) is 5.82 Å². The predicted molar refractivity (Wildman–Crippen MR) is 138 cm³/mol. The van der Waals surface area contributed by atoms with Crippen molar-refractivity contribution < 1.29 is 14.7 Å². The molecule has 1 aliphatic heterocycles. The number of aliphatic carboxylic acids is 1. The van der Waals surface area contributed by atoms with Crippen LogP contribution in [0.3, 0.4) is 0 Å². The van der Waals surface area contributed by atoms with Gasteiger partial charge in [0.25, 0.3) is 0 Å². The molecule has 8 heteroatoms. The van der Waals surface area contributed by atoms with Crippen molar-refractivity contribution in [3.8, 4) is 0 Å². The molecule has 3 heterocycles. The van der Waals surface area contributed by atoms with Crippen molar-refractivity contribution in [1.82, 2.24) is 14.6 Å². The summed E-state index contributed by atoms with van der Waals surface area (Å²) in [4.78, 5) is 33.6. The summed E-state index contributed by atoms with van der Waals surface area (Å²) in [6.07, 6.45) is 13.0.